The number of hydrogen-bond acceptors (Lipinski definition) is 3. The van der Waals surface area contributed by atoms with Crippen LogP contribution in [0.4, 0.5) is 5.69 Å². The van der Waals surface area contributed by atoms with Crippen molar-refractivity contribution in [1.82, 2.24) is 5.32 Å². The molecule has 0 aliphatic carbocycles. The van der Waals surface area contributed by atoms with Gasteiger partial charge >= 0.3 is 0 Å². The summed E-state index contributed by atoms with van der Waals surface area (Å²) in [5, 5.41) is 5.32. The molecule has 0 bridgehead atoms. The number of amides is 2. The Morgan fingerprint density at radius 1 is 1.20 bits per heavy atom. The molecule has 1 heterocycles. The third kappa shape index (κ3) is 3.47. The molecule has 0 unspecified atom stereocenters. The van der Waals surface area contributed by atoms with E-state index >= 15 is 0 Å². The molecule has 0 saturated heterocycles. The number of hydrogen-bond donors (Lipinski definition) is 2. The highest BCUT2D eigenvalue weighted by Gasteiger charge is 2.10. The first-order chi connectivity index (χ1) is 9.70. The van der Waals surface area contributed by atoms with Crippen molar-refractivity contribution in [3.63, 3.8) is 0 Å². The van der Waals surface area contributed by atoms with E-state index in [4.69, 9.17) is 4.42 Å². The van der Waals surface area contributed by atoms with Crippen molar-refractivity contribution in [2.45, 2.75) is 13.3 Å². The number of para-hydroxylation sites is 1. The number of nitrogens with one attached hydrogen (secondary N) is 2. The first-order valence-electron chi connectivity index (χ1n) is 6.39. The van der Waals surface area contributed by atoms with E-state index in [-0.39, 0.29) is 18.4 Å². The van der Waals surface area contributed by atoms with Gasteiger partial charge in [-0.15, -0.1) is 0 Å². The molecule has 20 heavy (non-hydrogen) atoms. The van der Waals surface area contributed by atoms with E-state index in [0.29, 0.717) is 5.56 Å². The predicted molar refractivity (Wildman–Crippen MR) is 75.5 cm³/mol. The zero-order chi connectivity index (χ0) is 14.4. The van der Waals surface area contributed by atoms with Gasteiger partial charge in [0.1, 0.15) is 6.26 Å². The van der Waals surface area contributed by atoms with Gasteiger partial charge in [0.05, 0.1) is 18.4 Å². The lowest BCUT2D eigenvalue weighted by Gasteiger charge is -2.10. The van der Waals surface area contributed by atoms with Gasteiger partial charge in [-0.05, 0) is 24.1 Å². The summed E-state index contributed by atoms with van der Waals surface area (Å²) in [7, 11) is 0. The first-order valence-corrected chi connectivity index (χ1v) is 6.39. The molecule has 2 aromatic rings. The second-order valence-corrected chi connectivity index (χ2v) is 4.25. The van der Waals surface area contributed by atoms with Gasteiger partial charge in [-0.2, -0.15) is 0 Å². The minimum Gasteiger partial charge on any atom is -0.472 e. The zero-order valence-corrected chi connectivity index (χ0v) is 11.2. The van der Waals surface area contributed by atoms with Crippen LogP contribution in [0.3, 0.4) is 0 Å². The van der Waals surface area contributed by atoms with Crippen LogP contribution in [0.15, 0.2) is 47.3 Å². The molecule has 0 aliphatic rings. The van der Waals surface area contributed by atoms with Crippen LogP contribution in [-0.2, 0) is 11.2 Å². The van der Waals surface area contributed by atoms with Gasteiger partial charge in [-0.1, -0.05) is 25.1 Å². The molecular formula is C15H16N2O3. The molecule has 0 saturated carbocycles. The second-order valence-electron chi connectivity index (χ2n) is 4.25. The number of rotatable bonds is 5. The molecule has 5 nitrogen and oxygen atoms in total. The number of furan rings is 1. The van der Waals surface area contributed by atoms with E-state index < -0.39 is 0 Å². The molecule has 0 aliphatic heterocycles. The summed E-state index contributed by atoms with van der Waals surface area (Å²) < 4.78 is 4.81. The van der Waals surface area contributed by atoms with Gasteiger partial charge in [-0.25, -0.2) is 0 Å². The van der Waals surface area contributed by atoms with Gasteiger partial charge in [0, 0.05) is 5.69 Å². The average molecular weight is 272 g/mol. The van der Waals surface area contributed by atoms with Gasteiger partial charge in [0.15, 0.2) is 0 Å². The summed E-state index contributed by atoms with van der Waals surface area (Å²) in [5.74, 6) is -0.597. The Morgan fingerprint density at radius 2 is 2.00 bits per heavy atom. The van der Waals surface area contributed by atoms with Crippen LogP contribution in [0.1, 0.15) is 22.8 Å². The van der Waals surface area contributed by atoms with Gasteiger partial charge in [0.2, 0.25) is 5.91 Å². The Balaban J connectivity index is 1.88. The number of aryl methyl sites for hydroxylation is 1. The predicted octanol–water partition coefficient (Wildman–Crippen LogP) is 2.21. The van der Waals surface area contributed by atoms with Crippen LogP contribution in [0.2, 0.25) is 0 Å². The molecule has 0 atom stereocenters. The van der Waals surface area contributed by atoms with E-state index in [1.165, 1.54) is 12.5 Å². The maximum Gasteiger partial charge on any atom is 0.254 e. The summed E-state index contributed by atoms with van der Waals surface area (Å²) in [6.45, 7) is 1.94. The lowest BCUT2D eigenvalue weighted by Crippen LogP contribution is -2.32. The van der Waals surface area contributed by atoms with E-state index in [1.54, 1.807) is 6.07 Å². The molecule has 0 radical (unpaired) electrons. The van der Waals surface area contributed by atoms with Crippen molar-refractivity contribution < 1.29 is 14.0 Å². The largest absolute Gasteiger partial charge is 0.472 e. The summed E-state index contributed by atoms with van der Waals surface area (Å²) >= 11 is 0. The maximum atomic E-state index is 11.8. The van der Waals surface area contributed by atoms with Crippen LogP contribution >= 0.6 is 0 Å². The van der Waals surface area contributed by atoms with Crippen LogP contribution in [0, 0.1) is 0 Å². The molecule has 104 valence electrons. The van der Waals surface area contributed by atoms with Crippen molar-refractivity contribution in [2.24, 2.45) is 0 Å². The van der Waals surface area contributed by atoms with Crippen LogP contribution in [0.25, 0.3) is 0 Å². The monoisotopic (exact) mass is 272 g/mol. The fourth-order valence-electron chi connectivity index (χ4n) is 1.80. The first kappa shape index (κ1) is 13.9. The fourth-order valence-corrected chi connectivity index (χ4v) is 1.80. The molecule has 2 rings (SSSR count). The molecule has 1 aromatic carbocycles. The Kier molecular flexibility index (Phi) is 4.55. The Labute approximate surface area is 117 Å². The summed E-state index contributed by atoms with van der Waals surface area (Å²) in [5.41, 5.74) is 2.23. The Morgan fingerprint density at radius 3 is 2.70 bits per heavy atom. The summed E-state index contributed by atoms with van der Waals surface area (Å²) in [6.07, 6.45) is 3.57. The minimum atomic E-state index is -0.335. The average Bonchev–Trinajstić information content (AvgIpc) is 2.99. The quantitative estimate of drug-likeness (QED) is 0.876. The Hall–Kier alpha value is -2.56. The second kappa shape index (κ2) is 6.56. The number of benzene rings is 1. The van der Waals surface area contributed by atoms with Gasteiger partial charge in [0.25, 0.3) is 5.91 Å². The normalized spacial score (nSPS) is 10.1. The lowest BCUT2D eigenvalue weighted by atomic mass is 10.1. The third-order valence-electron chi connectivity index (χ3n) is 2.87. The van der Waals surface area contributed by atoms with Crippen molar-refractivity contribution in [3.8, 4) is 0 Å². The molecule has 5 heteroatoms. The Bertz CT molecular complexity index is 591. The smallest absolute Gasteiger partial charge is 0.254 e. The van der Waals surface area contributed by atoms with E-state index in [9.17, 15) is 9.59 Å². The van der Waals surface area contributed by atoms with E-state index in [0.717, 1.165) is 17.7 Å². The molecule has 2 amide bonds. The summed E-state index contributed by atoms with van der Waals surface area (Å²) in [4.78, 5) is 23.4. The minimum absolute atomic E-state index is 0.0813. The molecule has 2 N–H and O–H groups in total. The van der Waals surface area contributed by atoms with E-state index in [1.807, 2.05) is 31.2 Å². The maximum absolute atomic E-state index is 11.8. The van der Waals surface area contributed by atoms with Crippen molar-refractivity contribution in [3.05, 3.63) is 54.0 Å². The van der Waals surface area contributed by atoms with E-state index in [2.05, 4.69) is 10.6 Å². The van der Waals surface area contributed by atoms with Crippen LogP contribution in [-0.4, -0.2) is 18.4 Å². The topological polar surface area (TPSA) is 71.3 Å². The molecule has 0 fully saturated rings. The number of carbonyl (C=O) groups is 2. The van der Waals surface area contributed by atoms with Crippen molar-refractivity contribution >= 4 is 17.5 Å². The number of anilines is 1. The standard InChI is InChI=1S/C15H16N2O3/c1-2-11-5-3-4-6-13(11)17-14(18)9-16-15(19)12-7-8-20-10-12/h3-8,10H,2,9H2,1H3,(H,16,19)(H,17,18). The van der Waals surface area contributed by atoms with Crippen LogP contribution < -0.4 is 10.6 Å². The third-order valence-corrected chi connectivity index (χ3v) is 2.87. The van der Waals surface area contributed by atoms with Gasteiger partial charge in [-0.3, -0.25) is 9.59 Å². The summed E-state index contributed by atoms with van der Waals surface area (Å²) in [6, 6.07) is 9.13. The van der Waals surface area contributed by atoms with Crippen LogP contribution in [0.5, 0.6) is 0 Å². The highest BCUT2D eigenvalue weighted by molar-refractivity contribution is 5.99. The van der Waals surface area contributed by atoms with Gasteiger partial charge < -0.3 is 15.1 Å². The molecule has 1 aromatic heterocycles. The molecule has 0 spiro atoms. The SMILES string of the molecule is CCc1ccccc1NC(=O)CNC(=O)c1ccoc1. The highest BCUT2D eigenvalue weighted by Crippen LogP contribution is 2.14. The molecular weight excluding hydrogens is 256 g/mol. The lowest BCUT2D eigenvalue weighted by molar-refractivity contribution is -0.115. The van der Waals surface area contributed by atoms with Crippen molar-refractivity contribution in [1.29, 1.82) is 0 Å². The number of carbonyl (C=O) groups excluding carboxylic acids is 2. The zero-order valence-electron chi connectivity index (χ0n) is 11.2. The fraction of sp³-hybridized carbons (Fsp3) is 0.200. The highest BCUT2D eigenvalue weighted by atomic mass is 16.3. The van der Waals surface area contributed by atoms with Crippen molar-refractivity contribution in [2.75, 3.05) is 11.9 Å².